The van der Waals surface area contributed by atoms with Crippen molar-refractivity contribution in [1.82, 2.24) is 40.4 Å². The summed E-state index contributed by atoms with van der Waals surface area (Å²) in [5, 5.41) is 9.80. The van der Waals surface area contributed by atoms with Crippen molar-refractivity contribution in [2.24, 2.45) is 11.8 Å². The van der Waals surface area contributed by atoms with Crippen molar-refractivity contribution in [3.05, 3.63) is 96.3 Å². The number of rotatable bonds is 11. The molecule has 2 fully saturated rings. The number of aromatic amines is 2. The second-order valence-electron chi connectivity index (χ2n) is 19.4. The topological polar surface area (TPSA) is 175 Å². The predicted molar refractivity (Wildman–Crippen MR) is 256 cm³/mol. The van der Waals surface area contributed by atoms with Crippen LogP contribution in [0.25, 0.3) is 55.2 Å². The van der Waals surface area contributed by atoms with Crippen molar-refractivity contribution in [2.45, 2.75) is 104 Å². The summed E-state index contributed by atoms with van der Waals surface area (Å²) < 4.78 is 9.64. The van der Waals surface area contributed by atoms with Crippen LogP contribution in [0.4, 0.5) is 9.59 Å². The Bertz CT molecular complexity index is 2770. The van der Waals surface area contributed by atoms with E-state index in [9.17, 15) is 19.2 Å². The van der Waals surface area contributed by atoms with Crippen LogP contribution < -0.4 is 10.6 Å². The first-order chi connectivity index (χ1) is 31.6. The minimum Gasteiger partial charge on any atom is -0.453 e. The molecule has 0 unspecified atom stereocenters. The first-order valence-electron chi connectivity index (χ1n) is 23.1. The molecule has 66 heavy (non-hydrogen) atoms. The van der Waals surface area contributed by atoms with Crippen LogP contribution in [0.3, 0.4) is 0 Å². The Morgan fingerprint density at radius 3 is 1.61 bits per heavy atom. The summed E-state index contributed by atoms with van der Waals surface area (Å²) in [5.74, 6) is 0.879. The fourth-order valence-corrected chi connectivity index (χ4v) is 9.60. The SMILES string of the molecule is COC(=O)N[C@H](C(=O)N1CCC[C@@H]1c1ncc(-c2ccc3c(-c4ccc(C(C)(C)C)cc4)c4cc(-c5cnc([C@@H]6CCCN6C(=O)[C@@H](NC(=O)OC)C(C)C)[nH]5)ccc4cc3c2)[nH]1)C(C)C. The first-order valence-corrected chi connectivity index (χ1v) is 23.1. The van der Waals surface area contributed by atoms with Gasteiger partial charge in [0.05, 0.1) is 50.1 Å². The van der Waals surface area contributed by atoms with Crippen molar-refractivity contribution < 1.29 is 28.7 Å². The molecule has 0 aliphatic carbocycles. The van der Waals surface area contributed by atoms with E-state index in [2.05, 4.69) is 108 Å². The summed E-state index contributed by atoms with van der Waals surface area (Å²) in [6.07, 6.45) is 5.60. The maximum absolute atomic E-state index is 13.8. The molecule has 0 saturated carbocycles. The maximum atomic E-state index is 13.8. The highest BCUT2D eigenvalue weighted by atomic mass is 16.5. The number of benzene rings is 4. The van der Waals surface area contributed by atoms with E-state index in [4.69, 9.17) is 19.4 Å². The summed E-state index contributed by atoms with van der Waals surface area (Å²) in [7, 11) is 2.59. The molecule has 14 heteroatoms. The van der Waals surface area contributed by atoms with E-state index >= 15 is 0 Å². The van der Waals surface area contributed by atoms with Gasteiger partial charge in [-0.1, -0.05) is 97.0 Å². The van der Waals surface area contributed by atoms with Gasteiger partial charge in [0.25, 0.3) is 0 Å². The summed E-state index contributed by atoms with van der Waals surface area (Å²) in [6, 6.07) is 22.2. The smallest absolute Gasteiger partial charge is 0.407 e. The van der Waals surface area contributed by atoms with Gasteiger partial charge >= 0.3 is 12.2 Å². The molecular formula is C52H62N8O6. The number of hydrogen-bond acceptors (Lipinski definition) is 8. The lowest BCUT2D eigenvalue weighted by atomic mass is 9.85. The van der Waals surface area contributed by atoms with E-state index in [-0.39, 0.29) is 41.1 Å². The number of imidazole rings is 2. The van der Waals surface area contributed by atoms with Gasteiger partial charge in [-0.2, -0.15) is 0 Å². The number of carbonyl (C=O) groups is 4. The van der Waals surface area contributed by atoms with Crippen LogP contribution in [0.1, 0.15) is 103 Å². The Balaban J connectivity index is 1.13. The largest absolute Gasteiger partial charge is 0.453 e. The quantitative estimate of drug-likeness (QED) is 0.0930. The van der Waals surface area contributed by atoms with Crippen molar-refractivity contribution in [2.75, 3.05) is 27.3 Å². The van der Waals surface area contributed by atoms with Crippen LogP contribution in [-0.4, -0.2) is 93.1 Å². The molecule has 0 spiro atoms. The van der Waals surface area contributed by atoms with E-state index in [0.29, 0.717) is 24.7 Å². The highest BCUT2D eigenvalue weighted by Gasteiger charge is 2.39. The average molecular weight is 895 g/mol. The fourth-order valence-electron chi connectivity index (χ4n) is 9.60. The van der Waals surface area contributed by atoms with Gasteiger partial charge in [0.1, 0.15) is 23.7 Å². The molecule has 2 aliphatic heterocycles. The molecule has 0 bridgehead atoms. The second-order valence-corrected chi connectivity index (χ2v) is 19.4. The van der Waals surface area contributed by atoms with Gasteiger partial charge in [0.15, 0.2) is 0 Å². The number of nitrogens with zero attached hydrogens (tertiary/aromatic N) is 4. The van der Waals surface area contributed by atoms with Crippen molar-refractivity contribution in [3.8, 4) is 33.6 Å². The molecule has 2 aliphatic rings. The summed E-state index contributed by atoms with van der Waals surface area (Å²) in [6.45, 7) is 15.5. The molecule has 4 heterocycles. The lowest BCUT2D eigenvalue weighted by molar-refractivity contribution is -0.136. The van der Waals surface area contributed by atoms with E-state index < -0.39 is 24.3 Å². The Morgan fingerprint density at radius 1 is 0.636 bits per heavy atom. The second kappa shape index (κ2) is 18.7. The van der Waals surface area contributed by atoms with E-state index in [1.54, 1.807) is 0 Å². The molecular weight excluding hydrogens is 833 g/mol. The molecule has 4 amide bonds. The Morgan fingerprint density at radius 2 is 1.12 bits per heavy atom. The first kappa shape index (κ1) is 45.9. The highest BCUT2D eigenvalue weighted by Crippen LogP contribution is 2.41. The zero-order valence-electron chi connectivity index (χ0n) is 39.5. The highest BCUT2D eigenvalue weighted by molar-refractivity contribution is 6.14. The lowest BCUT2D eigenvalue weighted by Crippen LogP contribution is -2.51. The average Bonchev–Trinajstić information content (AvgIpc) is 4.15. The number of ether oxygens (including phenoxy) is 2. The summed E-state index contributed by atoms with van der Waals surface area (Å²) >= 11 is 0. The van der Waals surface area contributed by atoms with Crippen LogP contribution in [0.2, 0.25) is 0 Å². The zero-order valence-corrected chi connectivity index (χ0v) is 39.5. The Kier molecular flexibility index (Phi) is 13.0. The lowest BCUT2D eigenvalue weighted by Gasteiger charge is -2.30. The maximum Gasteiger partial charge on any atom is 0.407 e. The fraction of sp³-hybridized carbons (Fsp3) is 0.423. The number of carbonyl (C=O) groups excluding carboxylic acids is 4. The van der Waals surface area contributed by atoms with Gasteiger partial charge in [-0.15, -0.1) is 0 Å². The van der Waals surface area contributed by atoms with Gasteiger partial charge in [-0.3, -0.25) is 9.59 Å². The van der Waals surface area contributed by atoms with Gasteiger partial charge < -0.3 is 39.9 Å². The number of likely N-dealkylation sites (tertiary alicyclic amines) is 2. The molecule has 2 saturated heterocycles. The van der Waals surface area contributed by atoms with Gasteiger partial charge in [0, 0.05) is 24.2 Å². The van der Waals surface area contributed by atoms with Crippen LogP contribution in [-0.2, 0) is 24.5 Å². The van der Waals surface area contributed by atoms with E-state index in [0.717, 1.165) is 80.9 Å². The Labute approximate surface area is 386 Å². The molecule has 346 valence electrons. The summed E-state index contributed by atoms with van der Waals surface area (Å²) in [4.78, 5) is 72.3. The third-order valence-corrected chi connectivity index (χ3v) is 13.3. The number of amides is 4. The molecule has 14 nitrogen and oxygen atoms in total. The molecule has 2 aromatic heterocycles. The molecule has 6 aromatic rings. The number of nitrogens with one attached hydrogen (secondary N) is 4. The third kappa shape index (κ3) is 9.10. The molecule has 4 aromatic carbocycles. The number of H-pyrrole nitrogens is 2. The van der Waals surface area contributed by atoms with Crippen LogP contribution >= 0.6 is 0 Å². The molecule has 0 radical (unpaired) electrons. The standard InChI is InChI=1S/C52H62N8O6/c1-29(2)44(57-50(63)65-8)48(61)59-22-10-12-41(59)46-53-27-39(55-46)33-18-21-37-35(25-33)24-32-14-15-34(26-38(32)43(37)31-16-19-36(20-17-31)52(5,6)7)40-28-54-47(56-40)42-13-11-23-60(42)49(62)45(30(3)4)58-51(64)66-9/h14-21,24-30,41-42,44-45H,10-13,22-23H2,1-9H3,(H,53,55)(H,54,56)(H,57,63)(H,58,64)/t41-,42+,44+,45+/m1/s1. The van der Waals surface area contributed by atoms with Crippen LogP contribution in [0.15, 0.2) is 79.1 Å². The third-order valence-electron chi connectivity index (χ3n) is 13.3. The minimum atomic E-state index is -0.714. The van der Waals surface area contributed by atoms with E-state index in [1.807, 2.05) is 49.9 Å². The van der Waals surface area contributed by atoms with Crippen molar-refractivity contribution in [1.29, 1.82) is 0 Å². The van der Waals surface area contributed by atoms with Gasteiger partial charge in [0.2, 0.25) is 11.8 Å². The van der Waals surface area contributed by atoms with Crippen molar-refractivity contribution >= 4 is 45.5 Å². The number of methoxy groups -OCH3 is 2. The predicted octanol–water partition coefficient (Wildman–Crippen LogP) is 9.83. The normalized spacial score (nSPS) is 17.4. The number of alkyl carbamates (subject to hydrolysis) is 2. The monoisotopic (exact) mass is 894 g/mol. The summed E-state index contributed by atoms with van der Waals surface area (Å²) in [5.41, 5.74) is 7.11. The zero-order chi connectivity index (χ0) is 47.0. The number of aromatic nitrogens is 4. The molecule has 8 rings (SSSR count). The Hall–Kier alpha value is -6.70. The minimum absolute atomic E-state index is 0.00531. The van der Waals surface area contributed by atoms with Crippen LogP contribution in [0, 0.1) is 11.8 Å². The number of hydrogen-bond donors (Lipinski definition) is 4. The molecule has 4 atom stereocenters. The number of fused-ring (bicyclic) bond motifs is 2. The van der Waals surface area contributed by atoms with Gasteiger partial charge in [-0.05, 0) is 99.4 Å². The van der Waals surface area contributed by atoms with Crippen molar-refractivity contribution in [3.63, 3.8) is 0 Å². The van der Waals surface area contributed by atoms with E-state index in [1.165, 1.54) is 19.8 Å². The van der Waals surface area contributed by atoms with Crippen LogP contribution in [0.5, 0.6) is 0 Å². The van der Waals surface area contributed by atoms with Gasteiger partial charge in [-0.25, -0.2) is 19.6 Å². The molecule has 4 N–H and O–H groups in total.